The summed E-state index contributed by atoms with van der Waals surface area (Å²) in [4.78, 5) is 6.56. The Balaban J connectivity index is 0.00000220. The van der Waals surface area contributed by atoms with Gasteiger partial charge in [-0.15, -0.1) is 12.4 Å². The van der Waals surface area contributed by atoms with Gasteiger partial charge in [0.2, 0.25) is 5.89 Å². The van der Waals surface area contributed by atoms with Gasteiger partial charge in [0.25, 0.3) is 0 Å². The maximum Gasteiger partial charge on any atom is 0.240 e. The topological polar surface area (TPSA) is 68.2 Å². The molecule has 1 aromatic heterocycles. The maximum absolute atomic E-state index is 5.50. The summed E-state index contributed by atoms with van der Waals surface area (Å²) in [5.74, 6) is 1.14. The number of hydrogen-bond acceptors (Lipinski definition) is 5. The van der Waals surface area contributed by atoms with E-state index < -0.39 is 0 Å². The van der Waals surface area contributed by atoms with Crippen molar-refractivity contribution in [3.05, 3.63) is 41.0 Å². The first-order valence-electron chi connectivity index (χ1n) is 6.86. The molecule has 0 bridgehead atoms. The molecule has 0 saturated heterocycles. The van der Waals surface area contributed by atoms with E-state index in [-0.39, 0.29) is 19.0 Å². The summed E-state index contributed by atoms with van der Waals surface area (Å²) in [7, 11) is 0. The Morgan fingerprint density at radius 3 is 2.57 bits per heavy atom. The summed E-state index contributed by atoms with van der Waals surface area (Å²) in [5.41, 5.74) is 9.19. The Kier molecular flexibility index (Phi) is 6.18. The number of halogens is 1. The van der Waals surface area contributed by atoms with Crippen molar-refractivity contribution in [1.29, 1.82) is 0 Å². The monoisotopic (exact) mass is 310 g/mol. The second-order valence-electron chi connectivity index (χ2n) is 5.32. The number of nitrogens with two attached hydrogens (primary N) is 1. The Hall–Kier alpha value is -1.59. The molecule has 2 rings (SSSR count). The van der Waals surface area contributed by atoms with E-state index in [2.05, 4.69) is 60.9 Å². The predicted molar refractivity (Wildman–Crippen MR) is 86.7 cm³/mol. The molecular formula is C15H23ClN4O. The highest BCUT2D eigenvalue weighted by Gasteiger charge is 2.16. The Morgan fingerprint density at radius 2 is 2.00 bits per heavy atom. The van der Waals surface area contributed by atoms with E-state index in [1.54, 1.807) is 0 Å². The molecule has 1 heterocycles. The van der Waals surface area contributed by atoms with Crippen LogP contribution in [0.2, 0.25) is 0 Å². The fourth-order valence-electron chi connectivity index (χ4n) is 2.16. The molecule has 0 atom stereocenters. The maximum atomic E-state index is 5.50. The van der Waals surface area contributed by atoms with Gasteiger partial charge in [-0.3, -0.25) is 0 Å². The van der Waals surface area contributed by atoms with Crippen LogP contribution in [0.5, 0.6) is 0 Å². The van der Waals surface area contributed by atoms with Crippen LogP contribution in [-0.4, -0.2) is 16.2 Å². The van der Waals surface area contributed by atoms with Crippen molar-refractivity contribution < 1.29 is 4.52 Å². The van der Waals surface area contributed by atoms with Crippen molar-refractivity contribution in [2.24, 2.45) is 5.73 Å². The van der Waals surface area contributed by atoms with Gasteiger partial charge in [0.1, 0.15) is 0 Å². The van der Waals surface area contributed by atoms with Gasteiger partial charge in [0, 0.05) is 11.7 Å². The summed E-state index contributed by atoms with van der Waals surface area (Å²) < 4.78 is 5.07. The van der Waals surface area contributed by atoms with Gasteiger partial charge in [0.15, 0.2) is 5.82 Å². The molecule has 1 aromatic carbocycles. The third-order valence-electron chi connectivity index (χ3n) is 3.29. The fourth-order valence-corrected chi connectivity index (χ4v) is 2.16. The fraction of sp³-hybridized carbons (Fsp3) is 0.467. The molecule has 0 spiro atoms. The first-order chi connectivity index (χ1) is 9.51. The molecule has 116 valence electrons. The number of hydrogen-bond donors (Lipinski definition) is 1. The minimum Gasteiger partial charge on any atom is -0.361 e. The van der Waals surface area contributed by atoms with Gasteiger partial charge >= 0.3 is 0 Å². The molecule has 21 heavy (non-hydrogen) atoms. The van der Waals surface area contributed by atoms with Crippen molar-refractivity contribution in [2.45, 2.75) is 46.8 Å². The number of anilines is 1. The van der Waals surface area contributed by atoms with Crippen LogP contribution in [0.3, 0.4) is 0 Å². The highest BCUT2D eigenvalue weighted by molar-refractivity contribution is 5.85. The molecule has 5 nitrogen and oxygen atoms in total. The van der Waals surface area contributed by atoms with E-state index in [0.717, 1.165) is 0 Å². The quantitative estimate of drug-likeness (QED) is 0.919. The summed E-state index contributed by atoms with van der Waals surface area (Å²) in [5, 5.41) is 3.98. The number of aromatic nitrogens is 2. The van der Waals surface area contributed by atoms with Gasteiger partial charge in [0.05, 0.1) is 13.1 Å². The largest absolute Gasteiger partial charge is 0.361 e. The molecule has 0 aliphatic rings. The van der Waals surface area contributed by atoms with E-state index in [4.69, 9.17) is 10.3 Å². The van der Waals surface area contributed by atoms with Crippen LogP contribution < -0.4 is 10.6 Å². The molecule has 0 radical (unpaired) electrons. The highest BCUT2D eigenvalue weighted by atomic mass is 35.5. The van der Waals surface area contributed by atoms with Crippen LogP contribution in [0, 0.1) is 13.8 Å². The lowest BCUT2D eigenvalue weighted by molar-refractivity contribution is 0.374. The normalized spacial score (nSPS) is 10.6. The van der Waals surface area contributed by atoms with Gasteiger partial charge in [-0.05, 0) is 44.9 Å². The van der Waals surface area contributed by atoms with Gasteiger partial charge < -0.3 is 15.2 Å². The van der Waals surface area contributed by atoms with Crippen molar-refractivity contribution in [1.82, 2.24) is 10.1 Å². The van der Waals surface area contributed by atoms with Gasteiger partial charge in [-0.2, -0.15) is 4.98 Å². The highest BCUT2D eigenvalue weighted by Crippen LogP contribution is 2.25. The molecule has 0 unspecified atom stereocenters. The lowest BCUT2D eigenvalue weighted by Crippen LogP contribution is -2.31. The molecule has 0 fully saturated rings. The molecule has 0 saturated carbocycles. The Bertz CT molecular complexity index is 583. The molecule has 6 heteroatoms. The van der Waals surface area contributed by atoms with E-state index in [1.165, 1.54) is 16.8 Å². The number of nitrogens with zero attached hydrogens (tertiary/aromatic N) is 3. The van der Waals surface area contributed by atoms with Crippen molar-refractivity contribution >= 4 is 18.1 Å². The van der Waals surface area contributed by atoms with Crippen LogP contribution >= 0.6 is 12.4 Å². The SMILES string of the molecule is Cc1ccc(C)c(N(Cc2noc(CN)n2)C(C)C)c1.Cl. The van der Waals surface area contributed by atoms with E-state index >= 15 is 0 Å². The molecule has 0 amide bonds. The minimum absolute atomic E-state index is 0. The van der Waals surface area contributed by atoms with Crippen molar-refractivity contribution in [3.63, 3.8) is 0 Å². The van der Waals surface area contributed by atoms with E-state index in [9.17, 15) is 0 Å². The minimum atomic E-state index is 0. The standard InChI is InChI=1S/C15H22N4O.ClH/c1-10(2)19(9-14-17-15(8-16)20-18-14)13-7-11(3)5-6-12(13)4;/h5-7,10H,8-9,16H2,1-4H3;1H. The first kappa shape index (κ1) is 17.5. The predicted octanol–water partition coefficient (Wildman–Crippen LogP) is 2.98. The zero-order valence-electron chi connectivity index (χ0n) is 13.0. The summed E-state index contributed by atoms with van der Waals surface area (Å²) >= 11 is 0. The van der Waals surface area contributed by atoms with Crippen LogP contribution in [-0.2, 0) is 13.1 Å². The van der Waals surface area contributed by atoms with Crippen LogP contribution in [0.1, 0.15) is 36.7 Å². The second kappa shape index (κ2) is 7.43. The zero-order valence-corrected chi connectivity index (χ0v) is 13.8. The van der Waals surface area contributed by atoms with E-state index in [1.807, 2.05) is 0 Å². The lowest BCUT2D eigenvalue weighted by Gasteiger charge is -2.29. The smallest absolute Gasteiger partial charge is 0.240 e. The third-order valence-corrected chi connectivity index (χ3v) is 3.29. The molecule has 2 N–H and O–H groups in total. The second-order valence-corrected chi connectivity index (χ2v) is 5.32. The molecule has 0 aliphatic carbocycles. The van der Waals surface area contributed by atoms with Crippen LogP contribution in [0.4, 0.5) is 5.69 Å². The molecule has 2 aromatic rings. The molecule has 0 aliphatic heterocycles. The van der Waals surface area contributed by atoms with Crippen molar-refractivity contribution in [2.75, 3.05) is 4.90 Å². The number of benzene rings is 1. The number of rotatable bonds is 5. The van der Waals surface area contributed by atoms with Crippen molar-refractivity contribution in [3.8, 4) is 0 Å². The summed E-state index contributed by atoms with van der Waals surface area (Å²) in [6, 6.07) is 6.80. The Labute approximate surface area is 131 Å². The lowest BCUT2D eigenvalue weighted by atomic mass is 10.1. The third kappa shape index (κ3) is 4.19. The van der Waals surface area contributed by atoms with Gasteiger partial charge in [-0.1, -0.05) is 17.3 Å². The zero-order chi connectivity index (χ0) is 14.7. The summed E-state index contributed by atoms with van der Waals surface area (Å²) in [6.45, 7) is 9.43. The van der Waals surface area contributed by atoms with E-state index in [0.29, 0.717) is 24.3 Å². The number of aryl methyl sites for hydroxylation is 2. The average molecular weight is 311 g/mol. The van der Waals surface area contributed by atoms with Gasteiger partial charge in [-0.25, -0.2) is 0 Å². The van der Waals surface area contributed by atoms with Crippen LogP contribution in [0.25, 0.3) is 0 Å². The first-order valence-corrected chi connectivity index (χ1v) is 6.86. The summed E-state index contributed by atoms with van der Waals surface area (Å²) in [6.07, 6.45) is 0. The average Bonchev–Trinajstić information content (AvgIpc) is 2.86. The molecular weight excluding hydrogens is 288 g/mol. The van der Waals surface area contributed by atoms with Crippen LogP contribution in [0.15, 0.2) is 22.7 Å². The Morgan fingerprint density at radius 1 is 1.29 bits per heavy atom.